The van der Waals surface area contributed by atoms with Crippen molar-refractivity contribution in [1.82, 2.24) is 4.57 Å². The molecule has 0 atom stereocenters. The van der Waals surface area contributed by atoms with Gasteiger partial charge in [0.25, 0.3) is 5.56 Å². The molecule has 0 aliphatic rings. The maximum absolute atomic E-state index is 12.4. The number of hydrogen-bond donors (Lipinski definition) is 1. The van der Waals surface area contributed by atoms with Crippen LogP contribution >= 0.6 is 0 Å². The number of aromatic nitrogens is 1. The monoisotopic (exact) mass is 288 g/mol. The zero-order valence-electron chi connectivity index (χ0n) is 12.8. The molecule has 1 aromatic heterocycles. The zero-order valence-corrected chi connectivity index (χ0v) is 12.8. The van der Waals surface area contributed by atoms with Gasteiger partial charge >= 0.3 is 0 Å². The van der Waals surface area contributed by atoms with E-state index in [-0.39, 0.29) is 12.1 Å². The Hall–Kier alpha value is -1.65. The smallest absolute Gasteiger partial charge is 0.255 e. The highest BCUT2D eigenvalue weighted by molar-refractivity contribution is 5.79. The zero-order chi connectivity index (χ0) is 15.2. The molecule has 0 aliphatic carbocycles. The van der Waals surface area contributed by atoms with Crippen molar-refractivity contribution in [2.75, 3.05) is 13.2 Å². The number of benzene rings is 1. The molecule has 2 N–H and O–H groups in total. The first-order valence-electron chi connectivity index (χ1n) is 7.52. The number of nitrogens with two attached hydrogens (primary N) is 1. The molecule has 4 heteroatoms. The Balaban J connectivity index is 2.17. The van der Waals surface area contributed by atoms with E-state index in [0.29, 0.717) is 24.6 Å². The number of pyridine rings is 1. The molecule has 0 amide bonds. The van der Waals surface area contributed by atoms with Crippen molar-refractivity contribution in [2.45, 2.75) is 33.4 Å². The molecule has 4 nitrogen and oxygen atoms in total. The van der Waals surface area contributed by atoms with Crippen molar-refractivity contribution >= 4 is 10.9 Å². The Morgan fingerprint density at radius 2 is 2.00 bits per heavy atom. The van der Waals surface area contributed by atoms with E-state index in [9.17, 15) is 4.79 Å². The van der Waals surface area contributed by atoms with E-state index in [1.807, 2.05) is 30.3 Å². The average Bonchev–Trinajstić information content (AvgIpc) is 2.48. The quantitative estimate of drug-likeness (QED) is 0.796. The summed E-state index contributed by atoms with van der Waals surface area (Å²) in [4.78, 5) is 12.4. The molecule has 0 saturated heterocycles. The summed E-state index contributed by atoms with van der Waals surface area (Å²) in [7, 11) is 0. The van der Waals surface area contributed by atoms with Gasteiger partial charge in [-0.15, -0.1) is 0 Å². The van der Waals surface area contributed by atoms with Crippen molar-refractivity contribution in [1.29, 1.82) is 0 Å². The van der Waals surface area contributed by atoms with Crippen LogP contribution in [0.15, 0.2) is 35.1 Å². The van der Waals surface area contributed by atoms with Crippen molar-refractivity contribution in [3.05, 3.63) is 46.2 Å². The van der Waals surface area contributed by atoms with Crippen LogP contribution in [0.3, 0.4) is 0 Å². The Bertz CT molecular complexity index is 647. The summed E-state index contributed by atoms with van der Waals surface area (Å²) < 4.78 is 7.41. The fraction of sp³-hybridized carbons (Fsp3) is 0.471. The van der Waals surface area contributed by atoms with Crippen LogP contribution < -0.4 is 11.3 Å². The fourth-order valence-electron chi connectivity index (χ4n) is 2.33. The molecule has 2 aromatic rings. The Morgan fingerprint density at radius 1 is 1.24 bits per heavy atom. The molecule has 0 aliphatic heterocycles. The van der Waals surface area contributed by atoms with E-state index in [2.05, 4.69) is 13.8 Å². The lowest BCUT2D eigenvalue weighted by atomic mass is 10.1. The predicted octanol–water partition coefficient (Wildman–Crippen LogP) is 2.52. The number of para-hydroxylation sites is 1. The second-order valence-corrected chi connectivity index (χ2v) is 5.68. The van der Waals surface area contributed by atoms with Gasteiger partial charge in [-0.3, -0.25) is 4.79 Å². The number of rotatable bonds is 7. The van der Waals surface area contributed by atoms with E-state index in [1.54, 1.807) is 4.57 Å². The molecule has 0 spiro atoms. The number of fused-ring (bicyclic) bond motifs is 1. The summed E-state index contributed by atoms with van der Waals surface area (Å²) in [5.41, 5.74) is 7.25. The van der Waals surface area contributed by atoms with Crippen LogP contribution in [0.25, 0.3) is 10.9 Å². The minimum atomic E-state index is -0.0105. The summed E-state index contributed by atoms with van der Waals surface area (Å²) in [6.07, 6.45) is 1.04. The van der Waals surface area contributed by atoms with Crippen LogP contribution in [0.2, 0.25) is 0 Å². The van der Waals surface area contributed by atoms with E-state index in [1.165, 1.54) is 0 Å². The van der Waals surface area contributed by atoms with Crippen molar-refractivity contribution < 1.29 is 4.74 Å². The van der Waals surface area contributed by atoms with Gasteiger partial charge < -0.3 is 15.0 Å². The highest BCUT2D eigenvalue weighted by atomic mass is 16.5. The minimum Gasteiger partial charge on any atom is -0.380 e. The van der Waals surface area contributed by atoms with Crippen LogP contribution in [0.1, 0.15) is 25.8 Å². The lowest BCUT2D eigenvalue weighted by Crippen LogP contribution is -2.27. The number of hydrogen-bond acceptors (Lipinski definition) is 3. The predicted molar refractivity (Wildman–Crippen MR) is 86.4 cm³/mol. The van der Waals surface area contributed by atoms with Gasteiger partial charge in [0.15, 0.2) is 0 Å². The van der Waals surface area contributed by atoms with Gasteiger partial charge in [-0.05, 0) is 29.9 Å². The third kappa shape index (κ3) is 3.93. The first kappa shape index (κ1) is 15.7. The SMILES string of the molecule is CC(C)CCOCCn1c(=O)c(CN)cc2ccccc21. The molecule has 0 radical (unpaired) electrons. The summed E-state index contributed by atoms with van der Waals surface area (Å²) in [5, 5.41) is 1.04. The Morgan fingerprint density at radius 3 is 2.71 bits per heavy atom. The average molecular weight is 288 g/mol. The van der Waals surface area contributed by atoms with Crippen LogP contribution in [0, 0.1) is 5.92 Å². The maximum atomic E-state index is 12.4. The summed E-state index contributed by atoms with van der Waals surface area (Å²) in [5.74, 6) is 0.633. The molecular formula is C17H24N2O2. The van der Waals surface area contributed by atoms with Crippen LogP contribution in [-0.2, 0) is 17.8 Å². The van der Waals surface area contributed by atoms with Gasteiger partial charge in [0.1, 0.15) is 0 Å². The first-order chi connectivity index (χ1) is 10.1. The van der Waals surface area contributed by atoms with E-state index in [4.69, 9.17) is 10.5 Å². The van der Waals surface area contributed by atoms with Gasteiger partial charge in [0.05, 0.1) is 12.1 Å². The molecule has 114 valence electrons. The van der Waals surface area contributed by atoms with E-state index < -0.39 is 0 Å². The Labute approximate surface area is 125 Å². The summed E-state index contributed by atoms with van der Waals surface area (Å²) in [6, 6.07) is 9.76. The van der Waals surface area contributed by atoms with E-state index >= 15 is 0 Å². The standard InChI is InChI=1S/C17H24N2O2/c1-13(2)7-9-21-10-8-19-16-6-4-3-5-14(16)11-15(12-18)17(19)20/h3-6,11,13H,7-10,12,18H2,1-2H3. The molecule has 0 bridgehead atoms. The van der Waals surface area contributed by atoms with Crippen LogP contribution in [0.5, 0.6) is 0 Å². The number of ether oxygens (including phenoxy) is 1. The molecule has 21 heavy (non-hydrogen) atoms. The molecule has 0 unspecified atom stereocenters. The van der Waals surface area contributed by atoms with Gasteiger partial charge in [-0.2, -0.15) is 0 Å². The van der Waals surface area contributed by atoms with E-state index in [0.717, 1.165) is 23.9 Å². The lowest BCUT2D eigenvalue weighted by Gasteiger charge is -2.13. The second kappa shape index (κ2) is 7.38. The van der Waals surface area contributed by atoms with Crippen LogP contribution in [-0.4, -0.2) is 17.8 Å². The Kier molecular flexibility index (Phi) is 5.53. The molecular weight excluding hydrogens is 264 g/mol. The molecule has 0 saturated carbocycles. The number of nitrogens with zero attached hydrogens (tertiary/aromatic N) is 1. The first-order valence-corrected chi connectivity index (χ1v) is 7.52. The lowest BCUT2D eigenvalue weighted by molar-refractivity contribution is 0.116. The normalized spacial score (nSPS) is 11.4. The molecule has 1 aromatic carbocycles. The highest BCUT2D eigenvalue weighted by Crippen LogP contribution is 2.13. The third-order valence-electron chi connectivity index (χ3n) is 3.60. The van der Waals surface area contributed by atoms with Gasteiger partial charge in [0.2, 0.25) is 0 Å². The molecule has 2 rings (SSSR count). The molecule has 0 fully saturated rings. The molecule has 1 heterocycles. The highest BCUT2D eigenvalue weighted by Gasteiger charge is 2.07. The second-order valence-electron chi connectivity index (χ2n) is 5.68. The van der Waals surface area contributed by atoms with Gasteiger partial charge in [-0.1, -0.05) is 32.0 Å². The third-order valence-corrected chi connectivity index (χ3v) is 3.60. The van der Waals surface area contributed by atoms with Crippen molar-refractivity contribution in [2.24, 2.45) is 11.7 Å². The van der Waals surface area contributed by atoms with Gasteiger partial charge in [0, 0.05) is 25.3 Å². The fourth-order valence-corrected chi connectivity index (χ4v) is 2.33. The summed E-state index contributed by atoms with van der Waals surface area (Å²) >= 11 is 0. The maximum Gasteiger partial charge on any atom is 0.255 e. The van der Waals surface area contributed by atoms with Crippen molar-refractivity contribution in [3.63, 3.8) is 0 Å². The van der Waals surface area contributed by atoms with Gasteiger partial charge in [-0.25, -0.2) is 0 Å². The summed E-state index contributed by atoms with van der Waals surface area (Å²) in [6.45, 7) is 6.45. The largest absolute Gasteiger partial charge is 0.380 e. The minimum absolute atomic E-state index is 0.0105. The van der Waals surface area contributed by atoms with Crippen molar-refractivity contribution in [3.8, 4) is 0 Å². The van der Waals surface area contributed by atoms with Crippen LogP contribution in [0.4, 0.5) is 0 Å². The topological polar surface area (TPSA) is 57.2 Å².